The zero-order valence-corrected chi connectivity index (χ0v) is 9.55. The average molecular weight is 373 g/mol. The predicted octanol–water partition coefficient (Wildman–Crippen LogP) is 2.91. The van der Waals surface area contributed by atoms with E-state index in [1.54, 1.807) is 12.1 Å². The van der Waals surface area contributed by atoms with E-state index in [9.17, 15) is 4.39 Å². The van der Waals surface area contributed by atoms with Gasteiger partial charge in [-0.05, 0) is 57.3 Å². The van der Waals surface area contributed by atoms with Crippen LogP contribution in [-0.2, 0) is 0 Å². The molecular weight excluding hydrogens is 371 g/mol. The summed E-state index contributed by atoms with van der Waals surface area (Å²) in [5, 5.41) is 8.44. The maximum atomic E-state index is 13.0. The second-order valence-corrected chi connectivity index (χ2v) is 4.08. The van der Waals surface area contributed by atoms with Crippen LogP contribution in [0.4, 0.5) is 4.39 Å². The Bertz CT molecular complexity index is 330. The summed E-state index contributed by atoms with van der Waals surface area (Å²) in [6.45, 7) is 0. The number of hydrogen-bond acceptors (Lipinski definition) is 1. The summed E-state index contributed by atoms with van der Waals surface area (Å²) in [5.41, 5.74) is 0.106. The van der Waals surface area contributed by atoms with Crippen molar-refractivity contribution in [3.63, 3.8) is 0 Å². The summed E-state index contributed by atoms with van der Waals surface area (Å²) in [4.78, 5) is 0. The minimum atomic E-state index is -0.417. The summed E-state index contributed by atoms with van der Waals surface area (Å²) >= 11 is 3.91. The third kappa shape index (κ3) is 1.82. The summed E-state index contributed by atoms with van der Waals surface area (Å²) in [5.74, 6) is -0.417. The van der Waals surface area contributed by atoms with Crippen molar-refractivity contribution in [3.8, 4) is 6.07 Å². The molecule has 0 spiro atoms. The van der Waals surface area contributed by atoms with Crippen LogP contribution >= 0.6 is 45.2 Å². The van der Waals surface area contributed by atoms with Crippen LogP contribution in [-0.4, -0.2) is 0 Å². The Hall–Kier alpha value is 0.1000. The standard InChI is InChI=1S/C7H2FI2N/c8-6-4(3-11)1-2-5(9)7(6)10/h1-2H. The molecule has 0 saturated carbocycles. The molecule has 0 bridgehead atoms. The van der Waals surface area contributed by atoms with Crippen molar-refractivity contribution in [3.05, 3.63) is 30.7 Å². The highest BCUT2D eigenvalue weighted by Gasteiger charge is 2.07. The second kappa shape index (κ2) is 3.67. The molecule has 0 aromatic heterocycles. The predicted molar refractivity (Wildman–Crippen MR) is 56.5 cm³/mol. The molecule has 0 fully saturated rings. The van der Waals surface area contributed by atoms with Crippen molar-refractivity contribution in [2.75, 3.05) is 0 Å². The lowest BCUT2D eigenvalue weighted by molar-refractivity contribution is 0.615. The van der Waals surface area contributed by atoms with E-state index < -0.39 is 5.82 Å². The first-order valence-electron chi connectivity index (χ1n) is 2.70. The van der Waals surface area contributed by atoms with E-state index >= 15 is 0 Å². The highest BCUT2D eigenvalue weighted by atomic mass is 127. The Morgan fingerprint density at radius 3 is 2.55 bits per heavy atom. The van der Waals surface area contributed by atoms with E-state index in [4.69, 9.17) is 5.26 Å². The number of nitriles is 1. The number of nitrogens with zero attached hydrogens (tertiary/aromatic N) is 1. The van der Waals surface area contributed by atoms with Crippen molar-refractivity contribution in [1.82, 2.24) is 0 Å². The molecule has 0 N–H and O–H groups in total. The van der Waals surface area contributed by atoms with Gasteiger partial charge in [0.1, 0.15) is 6.07 Å². The van der Waals surface area contributed by atoms with E-state index in [-0.39, 0.29) is 5.56 Å². The normalized spacial score (nSPS) is 9.27. The lowest BCUT2D eigenvalue weighted by atomic mass is 10.2. The quantitative estimate of drug-likeness (QED) is 0.507. The molecule has 0 unspecified atom stereocenters. The van der Waals surface area contributed by atoms with E-state index in [1.807, 2.05) is 45.2 Å². The van der Waals surface area contributed by atoms with Gasteiger partial charge in [0.05, 0.1) is 9.13 Å². The SMILES string of the molecule is N#Cc1ccc(I)c(I)c1F. The number of hydrogen-bond donors (Lipinski definition) is 0. The smallest absolute Gasteiger partial charge is 0.155 e. The fourth-order valence-corrected chi connectivity index (χ4v) is 1.50. The fraction of sp³-hybridized carbons (Fsp3) is 0. The van der Waals surface area contributed by atoms with Gasteiger partial charge in [-0.2, -0.15) is 5.26 Å². The lowest BCUT2D eigenvalue weighted by Crippen LogP contribution is -1.90. The van der Waals surface area contributed by atoms with Gasteiger partial charge in [-0.1, -0.05) is 0 Å². The van der Waals surface area contributed by atoms with Crippen molar-refractivity contribution >= 4 is 45.2 Å². The third-order valence-electron chi connectivity index (χ3n) is 1.16. The number of rotatable bonds is 0. The van der Waals surface area contributed by atoms with E-state index in [1.165, 1.54) is 6.07 Å². The van der Waals surface area contributed by atoms with Gasteiger partial charge in [0, 0.05) is 3.57 Å². The van der Waals surface area contributed by atoms with Crippen LogP contribution in [0.25, 0.3) is 0 Å². The van der Waals surface area contributed by atoms with Crippen LogP contribution in [0, 0.1) is 24.3 Å². The first-order chi connectivity index (χ1) is 5.16. The molecule has 0 amide bonds. The third-order valence-corrected chi connectivity index (χ3v) is 4.14. The molecule has 1 aromatic carbocycles. The zero-order chi connectivity index (χ0) is 8.43. The van der Waals surface area contributed by atoms with Gasteiger partial charge in [-0.15, -0.1) is 0 Å². The van der Waals surface area contributed by atoms with Crippen molar-refractivity contribution < 1.29 is 4.39 Å². The molecule has 4 heteroatoms. The summed E-state index contributed by atoms with van der Waals surface area (Å²) in [7, 11) is 0. The second-order valence-electron chi connectivity index (χ2n) is 1.83. The largest absolute Gasteiger partial charge is 0.204 e. The van der Waals surface area contributed by atoms with Crippen LogP contribution in [0.3, 0.4) is 0 Å². The number of halogens is 3. The Labute approximate surface area is 90.9 Å². The summed E-state index contributed by atoms with van der Waals surface area (Å²) in [6.07, 6.45) is 0. The van der Waals surface area contributed by atoms with Gasteiger partial charge in [-0.25, -0.2) is 4.39 Å². The Morgan fingerprint density at radius 1 is 1.36 bits per heavy atom. The molecule has 0 saturated heterocycles. The Kier molecular flexibility index (Phi) is 3.06. The lowest BCUT2D eigenvalue weighted by Gasteiger charge is -1.98. The molecule has 0 aliphatic heterocycles. The molecule has 0 heterocycles. The minimum Gasteiger partial charge on any atom is -0.204 e. The molecule has 1 nitrogen and oxygen atoms in total. The van der Waals surface area contributed by atoms with Crippen molar-refractivity contribution in [2.24, 2.45) is 0 Å². The highest BCUT2D eigenvalue weighted by Crippen LogP contribution is 2.20. The fourth-order valence-electron chi connectivity index (χ4n) is 0.612. The zero-order valence-electron chi connectivity index (χ0n) is 5.24. The molecule has 0 aliphatic rings. The molecule has 1 aromatic rings. The van der Waals surface area contributed by atoms with Crippen molar-refractivity contribution in [2.45, 2.75) is 0 Å². The average Bonchev–Trinajstić information content (AvgIpc) is 2.01. The van der Waals surface area contributed by atoms with Gasteiger partial charge in [0.15, 0.2) is 5.82 Å². The van der Waals surface area contributed by atoms with Gasteiger partial charge in [0.25, 0.3) is 0 Å². The minimum absolute atomic E-state index is 0.106. The van der Waals surface area contributed by atoms with Gasteiger partial charge in [-0.3, -0.25) is 0 Å². The monoisotopic (exact) mass is 373 g/mol. The Morgan fingerprint density at radius 2 is 2.00 bits per heavy atom. The van der Waals surface area contributed by atoms with Crippen LogP contribution in [0.5, 0.6) is 0 Å². The molecule has 56 valence electrons. The van der Waals surface area contributed by atoms with Crippen LogP contribution in [0.2, 0.25) is 0 Å². The van der Waals surface area contributed by atoms with Crippen LogP contribution < -0.4 is 0 Å². The summed E-state index contributed by atoms with van der Waals surface area (Å²) < 4.78 is 14.4. The van der Waals surface area contributed by atoms with Gasteiger partial charge >= 0.3 is 0 Å². The number of benzene rings is 1. The topological polar surface area (TPSA) is 23.8 Å². The van der Waals surface area contributed by atoms with Crippen LogP contribution in [0.1, 0.15) is 5.56 Å². The van der Waals surface area contributed by atoms with Gasteiger partial charge in [0.2, 0.25) is 0 Å². The molecule has 0 radical (unpaired) electrons. The van der Waals surface area contributed by atoms with Crippen molar-refractivity contribution in [1.29, 1.82) is 5.26 Å². The highest BCUT2D eigenvalue weighted by molar-refractivity contribution is 14.1. The first kappa shape index (κ1) is 9.19. The van der Waals surface area contributed by atoms with E-state index in [2.05, 4.69) is 0 Å². The van der Waals surface area contributed by atoms with E-state index in [0.717, 1.165) is 3.57 Å². The molecule has 0 atom stereocenters. The molecule has 11 heavy (non-hydrogen) atoms. The maximum absolute atomic E-state index is 13.0. The first-order valence-corrected chi connectivity index (χ1v) is 4.86. The molecule has 0 aliphatic carbocycles. The summed E-state index contributed by atoms with van der Waals surface area (Å²) in [6, 6.07) is 4.99. The molecule has 1 rings (SSSR count). The van der Waals surface area contributed by atoms with Crippen LogP contribution in [0.15, 0.2) is 12.1 Å². The molecular formula is C7H2FI2N. The van der Waals surface area contributed by atoms with Gasteiger partial charge < -0.3 is 0 Å². The Balaban J connectivity index is 3.40. The maximum Gasteiger partial charge on any atom is 0.155 e. The van der Waals surface area contributed by atoms with E-state index in [0.29, 0.717) is 3.57 Å².